The molecule has 3 nitrogen and oxygen atoms in total. The summed E-state index contributed by atoms with van der Waals surface area (Å²) in [5, 5.41) is 0.385. The highest BCUT2D eigenvalue weighted by atomic mass is 79.9. The Morgan fingerprint density at radius 3 is 2.39 bits per heavy atom. The molecule has 0 atom stereocenters. The van der Waals surface area contributed by atoms with Crippen molar-refractivity contribution in [1.29, 1.82) is 0 Å². The van der Waals surface area contributed by atoms with Crippen molar-refractivity contribution in [2.24, 2.45) is 0 Å². The summed E-state index contributed by atoms with van der Waals surface area (Å²) in [6.07, 6.45) is 0. The Labute approximate surface area is 126 Å². The molecule has 100 valence electrons. The first-order valence-electron chi connectivity index (χ1n) is 5.78. The highest BCUT2D eigenvalue weighted by Crippen LogP contribution is 2.10. The second kappa shape index (κ2) is 8.04. The Hall–Kier alpha value is -0.230. The molecule has 1 aliphatic rings. The zero-order valence-corrected chi connectivity index (χ0v) is 13.4. The highest BCUT2D eigenvalue weighted by molar-refractivity contribution is 9.09. The van der Waals surface area contributed by atoms with Gasteiger partial charge in [0.05, 0.1) is 18.5 Å². The molecule has 0 aliphatic carbocycles. The normalized spacial score (nSPS) is 16.1. The summed E-state index contributed by atoms with van der Waals surface area (Å²) in [4.78, 5) is 13.8. The monoisotopic (exact) mass is 377 g/mol. The van der Waals surface area contributed by atoms with Crippen molar-refractivity contribution in [2.45, 2.75) is 6.54 Å². The van der Waals surface area contributed by atoms with Crippen LogP contribution in [0.5, 0.6) is 0 Å². The van der Waals surface area contributed by atoms with Gasteiger partial charge in [-0.15, -0.1) is 17.0 Å². The molecule has 0 unspecified atom stereocenters. The van der Waals surface area contributed by atoms with E-state index in [0.717, 1.165) is 38.4 Å². The summed E-state index contributed by atoms with van der Waals surface area (Å²) in [6, 6.07) is 7.87. The number of rotatable bonds is 4. The molecule has 0 radical (unpaired) electrons. The van der Waals surface area contributed by atoms with Gasteiger partial charge in [-0.3, -0.25) is 9.69 Å². The van der Waals surface area contributed by atoms with Gasteiger partial charge in [0.25, 0.3) is 0 Å². The molecule has 0 spiro atoms. The highest BCUT2D eigenvalue weighted by Gasteiger charge is 2.11. The number of hydrogen-bond donors (Lipinski definition) is 0. The van der Waals surface area contributed by atoms with Crippen LogP contribution >= 0.6 is 32.9 Å². The summed E-state index contributed by atoms with van der Waals surface area (Å²) in [5.74, 6) is 0.128. The molecular weight excluding hydrogens is 362 g/mol. The van der Waals surface area contributed by atoms with Crippen LogP contribution < -0.4 is 0 Å². The van der Waals surface area contributed by atoms with Crippen LogP contribution in [0.3, 0.4) is 0 Å². The predicted octanol–water partition coefficient (Wildman–Crippen LogP) is 2.67. The van der Waals surface area contributed by atoms with Crippen LogP contribution in [0.4, 0.5) is 0 Å². The summed E-state index contributed by atoms with van der Waals surface area (Å²) in [6.45, 7) is 4.55. The minimum absolute atomic E-state index is 0. The van der Waals surface area contributed by atoms with Gasteiger partial charge >= 0.3 is 0 Å². The molecule has 1 aromatic rings. The minimum Gasteiger partial charge on any atom is -0.379 e. The number of hydrogen-bond acceptors (Lipinski definition) is 3. The maximum Gasteiger partial charge on any atom is 0.173 e. The summed E-state index contributed by atoms with van der Waals surface area (Å²) in [7, 11) is 0. The first-order chi connectivity index (χ1) is 8.29. The molecule has 1 aliphatic heterocycles. The lowest BCUT2D eigenvalue weighted by Gasteiger charge is -2.26. The topological polar surface area (TPSA) is 29.5 Å². The van der Waals surface area contributed by atoms with Gasteiger partial charge in [-0.05, 0) is 5.56 Å². The van der Waals surface area contributed by atoms with Crippen LogP contribution in [-0.4, -0.2) is 42.3 Å². The molecule has 2 rings (SSSR count). The number of Topliss-reactive ketones (excluding diaryl/α,β-unsaturated/α-hetero) is 1. The zero-order valence-electron chi connectivity index (χ0n) is 10.1. The Kier molecular flexibility index (Phi) is 7.07. The number of halogens is 2. The number of carbonyl (C=O) groups excluding carboxylic acids is 1. The maximum atomic E-state index is 11.4. The second-order valence-electron chi connectivity index (χ2n) is 4.14. The van der Waals surface area contributed by atoms with Gasteiger partial charge in [0.15, 0.2) is 5.78 Å². The van der Waals surface area contributed by atoms with Gasteiger partial charge in [-0.1, -0.05) is 40.2 Å². The third kappa shape index (κ3) is 4.46. The SMILES string of the molecule is Br.O=C(CBr)c1ccc(CN2CCOCC2)cc1. The zero-order chi connectivity index (χ0) is 12.1. The second-order valence-corrected chi connectivity index (χ2v) is 4.70. The largest absolute Gasteiger partial charge is 0.379 e. The third-order valence-corrected chi connectivity index (χ3v) is 3.42. The van der Waals surface area contributed by atoms with Crippen molar-refractivity contribution in [3.63, 3.8) is 0 Å². The number of morpholine rings is 1. The van der Waals surface area contributed by atoms with Crippen LogP contribution in [0.25, 0.3) is 0 Å². The molecule has 1 fully saturated rings. The van der Waals surface area contributed by atoms with E-state index in [0.29, 0.717) is 5.33 Å². The predicted molar refractivity (Wildman–Crippen MR) is 81.0 cm³/mol. The fourth-order valence-electron chi connectivity index (χ4n) is 1.89. The Balaban J connectivity index is 0.00000162. The summed E-state index contributed by atoms with van der Waals surface area (Å²) >= 11 is 3.18. The fourth-order valence-corrected chi connectivity index (χ4v) is 2.21. The maximum absolute atomic E-state index is 11.4. The van der Waals surface area contributed by atoms with Crippen molar-refractivity contribution < 1.29 is 9.53 Å². The lowest BCUT2D eigenvalue weighted by molar-refractivity contribution is 0.0342. The van der Waals surface area contributed by atoms with Gasteiger partial charge in [-0.2, -0.15) is 0 Å². The molecule has 0 amide bonds. The molecule has 1 aromatic carbocycles. The molecule has 0 bridgehead atoms. The van der Waals surface area contributed by atoms with Gasteiger partial charge in [0.2, 0.25) is 0 Å². The Morgan fingerprint density at radius 1 is 1.22 bits per heavy atom. The molecule has 18 heavy (non-hydrogen) atoms. The van der Waals surface area contributed by atoms with Crippen LogP contribution in [-0.2, 0) is 11.3 Å². The summed E-state index contributed by atoms with van der Waals surface area (Å²) in [5.41, 5.74) is 2.02. The van der Waals surface area contributed by atoms with E-state index in [9.17, 15) is 4.79 Å². The van der Waals surface area contributed by atoms with Crippen LogP contribution in [0.2, 0.25) is 0 Å². The number of alkyl halides is 1. The van der Waals surface area contributed by atoms with Crippen LogP contribution in [0.15, 0.2) is 24.3 Å². The van der Waals surface area contributed by atoms with E-state index in [1.54, 1.807) is 0 Å². The van der Waals surface area contributed by atoms with E-state index in [1.165, 1.54) is 5.56 Å². The lowest BCUT2D eigenvalue weighted by Crippen LogP contribution is -2.35. The molecule has 5 heteroatoms. The van der Waals surface area contributed by atoms with Crippen molar-refractivity contribution >= 4 is 38.7 Å². The quantitative estimate of drug-likeness (QED) is 0.595. The van der Waals surface area contributed by atoms with E-state index >= 15 is 0 Å². The van der Waals surface area contributed by atoms with Crippen molar-refractivity contribution in [3.05, 3.63) is 35.4 Å². The van der Waals surface area contributed by atoms with Crippen LogP contribution in [0.1, 0.15) is 15.9 Å². The standard InChI is InChI=1S/C13H16BrNO2.BrH/c14-9-13(16)12-3-1-11(2-4-12)10-15-5-7-17-8-6-15;/h1-4H,5-10H2;1H. The number of nitrogens with zero attached hydrogens (tertiary/aromatic N) is 1. The van der Waals surface area contributed by atoms with Crippen molar-refractivity contribution in [1.82, 2.24) is 4.90 Å². The van der Waals surface area contributed by atoms with E-state index < -0.39 is 0 Å². The number of ketones is 1. The Morgan fingerprint density at radius 2 is 1.83 bits per heavy atom. The molecule has 1 saturated heterocycles. The first-order valence-corrected chi connectivity index (χ1v) is 6.90. The number of ether oxygens (including phenoxy) is 1. The average molecular weight is 379 g/mol. The third-order valence-electron chi connectivity index (χ3n) is 2.91. The fraction of sp³-hybridized carbons (Fsp3) is 0.462. The molecule has 0 aromatic heterocycles. The minimum atomic E-state index is 0. The molecule has 1 heterocycles. The van der Waals surface area contributed by atoms with E-state index in [4.69, 9.17) is 4.74 Å². The van der Waals surface area contributed by atoms with E-state index in [1.807, 2.05) is 24.3 Å². The smallest absolute Gasteiger partial charge is 0.173 e. The number of carbonyl (C=O) groups is 1. The van der Waals surface area contributed by atoms with Crippen LogP contribution in [0, 0.1) is 0 Å². The van der Waals surface area contributed by atoms with Gasteiger partial charge < -0.3 is 4.74 Å². The van der Waals surface area contributed by atoms with E-state index in [2.05, 4.69) is 20.8 Å². The van der Waals surface area contributed by atoms with Gasteiger partial charge in [0.1, 0.15) is 0 Å². The Bertz CT molecular complexity index is 375. The van der Waals surface area contributed by atoms with E-state index in [-0.39, 0.29) is 22.8 Å². The van der Waals surface area contributed by atoms with Gasteiger partial charge in [-0.25, -0.2) is 0 Å². The average Bonchev–Trinajstić information content (AvgIpc) is 2.40. The van der Waals surface area contributed by atoms with Gasteiger partial charge in [0, 0.05) is 25.2 Å². The first kappa shape index (κ1) is 15.8. The molecular formula is C13H17Br2NO2. The summed E-state index contributed by atoms with van der Waals surface area (Å²) < 4.78 is 5.31. The molecule has 0 N–H and O–H groups in total. The van der Waals surface area contributed by atoms with Crippen molar-refractivity contribution in [2.75, 3.05) is 31.6 Å². The molecule has 0 saturated carbocycles. The lowest BCUT2D eigenvalue weighted by atomic mass is 10.1. The number of benzene rings is 1. The van der Waals surface area contributed by atoms with Crippen molar-refractivity contribution in [3.8, 4) is 0 Å².